The second kappa shape index (κ2) is 7.84. The molecule has 0 spiro atoms. The molecule has 1 unspecified atom stereocenters. The largest absolute Gasteiger partial charge is 0.463 e. The van der Waals surface area contributed by atoms with Gasteiger partial charge < -0.3 is 20.3 Å². The molecule has 0 saturated heterocycles. The van der Waals surface area contributed by atoms with Crippen molar-refractivity contribution in [2.75, 3.05) is 19.8 Å². The Bertz CT molecular complexity index is 264. The van der Waals surface area contributed by atoms with Crippen molar-refractivity contribution >= 4 is 11.9 Å². The molecule has 0 aromatic rings. The molecule has 0 bridgehead atoms. The predicted molar refractivity (Wildman–Crippen MR) is 56.4 cm³/mol. The van der Waals surface area contributed by atoms with Crippen LogP contribution in [0, 0.1) is 0 Å². The van der Waals surface area contributed by atoms with Crippen molar-refractivity contribution in [1.82, 2.24) is 0 Å². The Hall–Kier alpha value is -1.40. The molecule has 1 atom stereocenters. The number of rotatable bonds is 7. The van der Waals surface area contributed by atoms with E-state index in [2.05, 4.69) is 16.1 Å². The van der Waals surface area contributed by atoms with Gasteiger partial charge in [0.1, 0.15) is 19.3 Å². The number of aliphatic hydroxyl groups is 1. The molecule has 6 nitrogen and oxygen atoms in total. The van der Waals surface area contributed by atoms with Crippen molar-refractivity contribution in [3.05, 3.63) is 12.2 Å². The van der Waals surface area contributed by atoms with Crippen molar-refractivity contribution in [2.45, 2.75) is 19.4 Å². The Labute approximate surface area is 94.0 Å². The minimum atomic E-state index is -1.04. The molecule has 0 radical (unpaired) electrons. The zero-order valence-corrected chi connectivity index (χ0v) is 9.27. The van der Waals surface area contributed by atoms with Crippen LogP contribution in [-0.4, -0.2) is 42.9 Å². The minimum absolute atomic E-state index is 0.0955. The summed E-state index contributed by atoms with van der Waals surface area (Å²) in [7, 11) is 0. The van der Waals surface area contributed by atoms with E-state index in [0.29, 0.717) is 0 Å². The van der Waals surface area contributed by atoms with Gasteiger partial charge in [-0.25, -0.2) is 4.79 Å². The molecular weight excluding hydrogens is 214 g/mol. The van der Waals surface area contributed by atoms with E-state index < -0.39 is 18.0 Å². The first-order valence-electron chi connectivity index (χ1n) is 4.83. The first-order valence-corrected chi connectivity index (χ1v) is 4.83. The zero-order valence-electron chi connectivity index (χ0n) is 9.27. The molecule has 0 aliphatic rings. The quantitative estimate of drug-likeness (QED) is 0.446. The van der Waals surface area contributed by atoms with Crippen LogP contribution in [-0.2, 0) is 19.1 Å². The third kappa shape index (κ3) is 6.97. The Morgan fingerprint density at radius 1 is 1.38 bits per heavy atom. The number of carbonyl (C=O) groups excluding carboxylic acids is 2. The predicted octanol–water partition coefficient (Wildman–Crippen LogP) is -0.641. The number of hydrogen-bond donors (Lipinski definition) is 2. The van der Waals surface area contributed by atoms with E-state index in [-0.39, 0.29) is 31.8 Å². The molecule has 0 aromatic carbocycles. The van der Waals surface area contributed by atoms with Gasteiger partial charge in [0.2, 0.25) is 0 Å². The summed E-state index contributed by atoms with van der Waals surface area (Å²) in [6, 6.07) is 0. The first-order chi connectivity index (χ1) is 7.47. The minimum Gasteiger partial charge on any atom is -0.463 e. The van der Waals surface area contributed by atoms with E-state index in [9.17, 15) is 14.7 Å². The van der Waals surface area contributed by atoms with Gasteiger partial charge in [-0.15, -0.1) is 0 Å². The lowest BCUT2D eigenvalue weighted by atomic mass is 10.3. The maximum absolute atomic E-state index is 10.9. The fourth-order valence-corrected chi connectivity index (χ4v) is 0.722. The highest BCUT2D eigenvalue weighted by Gasteiger charge is 2.11. The lowest BCUT2D eigenvalue weighted by Gasteiger charge is -2.11. The van der Waals surface area contributed by atoms with Gasteiger partial charge in [0.25, 0.3) is 0 Å². The smallest absolute Gasteiger partial charge is 0.333 e. The van der Waals surface area contributed by atoms with Crippen LogP contribution in [0.25, 0.3) is 0 Å². The number of hydrogen-bond acceptors (Lipinski definition) is 6. The van der Waals surface area contributed by atoms with Crippen molar-refractivity contribution < 1.29 is 24.2 Å². The van der Waals surface area contributed by atoms with E-state index in [1.807, 2.05) is 0 Å². The molecule has 16 heavy (non-hydrogen) atoms. The van der Waals surface area contributed by atoms with Gasteiger partial charge in [0.15, 0.2) is 0 Å². The molecule has 0 aromatic heterocycles. The average molecular weight is 231 g/mol. The second-order valence-electron chi connectivity index (χ2n) is 3.25. The molecule has 92 valence electrons. The standard InChI is InChI=1S/C10H17NO5/c1-7(2)10(14)16-6-8(12)5-15-9(13)3-4-11/h8,12H,1,3-6,11H2,2H3. The fourth-order valence-electron chi connectivity index (χ4n) is 0.722. The van der Waals surface area contributed by atoms with Crippen molar-refractivity contribution in [3.8, 4) is 0 Å². The third-order valence-electron chi connectivity index (χ3n) is 1.54. The highest BCUT2D eigenvalue weighted by atomic mass is 16.6. The number of nitrogens with two attached hydrogens (primary N) is 1. The second-order valence-corrected chi connectivity index (χ2v) is 3.25. The first kappa shape index (κ1) is 14.6. The summed E-state index contributed by atoms with van der Waals surface area (Å²) in [5.74, 6) is -1.08. The molecule has 0 saturated carbocycles. The van der Waals surface area contributed by atoms with Crippen LogP contribution in [0.4, 0.5) is 0 Å². The average Bonchev–Trinajstić information content (AvgIpc) is 2.23. The fraction of sp³-hybridized carbons (Fsp3) is 0.600. The van der Waals surface area contributed by atoms with Crippen LogP contribution < -0.4 is 5.73 Å². The SMILES string of the molecule is C=C(C)C(=O)OCC(O)COC(=O)CCN. The number of esters is 2. The maximum atomic E-state index is 10.9. The normalized spacial score (nSPS) is 11.7. The van der Waals surface area contributed by atoms with Crippen LogP contribution in [0.1, 0.15) is 13.3 Å². The molecule has 6 heteroatoms. The Morgan fingerprint density at radius 3 is 2.44 bits per heavy atom. The van der Waals surface area contributed by atoms with Crippen molar-refractivity contribution in [1.29, 1.82) is 0 Å². The Kier molecular flexibility index (Phi) is 7.15. The van der Waals surface area contributed by atoms with E-state index in [0.717, 1.165) is 0 Å². The summed E-state index contributed by atoms with van der Waals surface area (Å²) in [5, 5.41) is 9.28. The third-order valence-corrected chi connectivity index (χ3v) is 1.54. The molecule has 0 heterocycles. The highest BCUT2D eigenvalue weighted by Crippen LogP contribution is 1.95. The van der Waals surface area contributed by atoms with Gasteiger partial charge in [0.05, 0.1) is 6.42 Å². The molecule has 0 rings (SSSR count). The van der Waals surface area contributed by atoms with E-state index in [4.69, 9.17) is 5.73 Å². The molecule has 0 fully saturated rings. The molecule has 0 aliphatic carbocycles. The molecule has 3 N–H and O–H groups in total. The van der Waals surface area contributed by atoms with Crippen LogP contribution >= 0.6 is 0 Å². The van der Waals surface area contributed by atoms with Crippen LogP contribution in [0.15, 0.2) is 12.2 Å². The van der Waals surface area contributed by atoms with Crippen LogP contribution in [0.3, 0.4) is 0 Å². The summed E-state index contributed by atoms with van der Waals surface area (Å²) in [5.41, 5.74) is 5.37. The van der Waals surface area contributed by atoms with Gasteiger partial charge in [-0.2, -0.15) is 0 Å². The van der Waals surface area contributed by atoms with Gasteiger partial charge in [0, 0.05) is 12.1 Å². The molecule has 0 aliphatic heterocycles. The lowest BCUT2D eigenvalue weighted by molar-refractivity contribution is -0.150. The monoisotopic (exact) mass is 231 g/mol. The van der Waals surface area contributed by atoms with Gasteiger partial charge >= 0.3 is 11.9 Å². The van der Waals surface area contributed by atoms with E-state index >= 15 is 0 Å². The van der Waals surface area contributed by atoms with Crippen LogP contribution in [0.2, 0.25) is 0 Å². The van der Waals surface area contributed by atoms with Crippen molar-refractivity contribution in [2.24, 2.45) is 5.73 Å². The molecule has 0 amide bonds. The Balaban J connectivity index is 3.66. The van der Waals surface area contributed by atoms with Gasteiger partial charge in [-0.3, -0.25) is 4.79 Å². The van der Waals surface area contributed by atoms with Gasteiger partial charge in [-0.1, -0.05) is 6.58 Å². The summed E-state index contributed by atoms with van der Waals surface area (Å²) in [6.07, 6.45) is -0.942. The number of aliphatic hydroxyl groups excluding tert-OH is 1. The van der Waals surface area contributed by atoms with E-state index in [1.54, 1.807) is 0 Å². The van der Waals surface area contributed by atoms with Gasteiger partial charge in [-0.05, 0) is 6.92 Å². The Morgan fingerprint density at radius 2 is 1.94 bits per heavy atom. The number of ether oxygens (including phenoxy) is 2. The lowest BCUT2D eigenvalue weighted by Crippen LogP contribution is -2.26. The highest BCUT2D eigenvalue weighted by molar-refractivity contribution is 5.86. The zero-order chi connectivity index (χ0) is 12.6. The molecular formula is C10H17NO5. The summed E-state index contributed by atoms with van der Waals surface area (Å²) in [6.45, 7) is 4.61. The number of carbonyl (C=O) groups is 2. The maximum Gasteiger partial charge on any atom is 0.333 e. The topological polar surface area (TPSA) is 98.9 Å². The van der Waals surface area contributed by atoms with Crippen molar-refractivity contribution in [3.63, 3.8) is 0 Å². The summed E-state index contributed by atoms with van der Waals surface area (Å²) >= 11 is 0. The summed E-state index contributed by atoms with van der Waals surface area (Å²) in [4.78, 5) is 21.8. The van der Waals surface area contributed by atoms with Crippen LogP contribution in [0.5, 0.6) is 0 Å². The summed E-state index contributed by atoms with van der Waals surface area (Å²) < 4.78 is 9.31. The van der Waals surface area contributed by atoms with E-state index in [1.165, 1.54) is 6.92 Å².